The Kier molecular flexibility index (Phi) is 9.20. The number of carboxylic acid groups (broad SMARTS) is 1. The van der Waals surface area contributed by atoms with Gasteiger partial charge in [0, 0.05) is 46.9 Å². The average Bonchev–Trinajstić information content (AvgIpc) is 3.86. The zero-order chi connectivity index (χ0) is 38.1. The fraction of sp³-hybridized carbons (Fsp3) is 0.486. The molecule has 17 heteroatoms. The van der Waals surface area contributed by atoms with Crippen LogP contribution in [0.15, 0.2) is 12.1 Å². The lowest BCUT2D eigenvalue weighted by molar-refractivity contribution is 0.0636. The van der Waals surface area contributed by atoms with Gasteiger partial charge in [-0.1, -0.05) is 0 Å². The first-order valence-corrected chi connectivity index (χ1v) is 18.7. The van der Waals surface area contributed by atoms with E-state index in [0.717, 1.165) is 37.1 Å². The molecule has 284 valence electrons. The number of aliphatic hydroxyl groups is 1. The summed E-state index contributed by atoms with van der Waals surface area (Å²) in [6.45, 7) is 7.06. The van der Waals surface area contributed by atoms with Gasteiger partial charge in [-0.25, -0.2) is 18.4 Å². The minimum atomic E-state index is -1.01. The first-order valence-electron chi connectivity index (χ1n) is 17.9. The highest BCUT2D eigenvalue weighted by molar-refractivity contribution is 7.23. The number of carbonyl (C=O) groups is 2. The number of piperidine rings is 1. The number of carbonyl (C=O) groups excluding carboxylic acids is 1. The van der Waals surface area contributed by atoms with Gasteiger partial charge in [-0.3, -0.25) is 10.2 Å². The Bertz CT molecular complexity index is 2230. The molecule has 4 aliphatic rings. The summed E-state index contributed by atoms with van der Waals surface area (Å²) in [5, 5.41) is 32.9. The van der Waals surface area contributed by atoms with E-state index in [2.05, 4.69) is 21.3 Å². The third kappa shape index (κ3) is 6.20. The number of β-amino-alcohol motifs (C(OH)–C–C–N with tert-alkyl or cyclic N) is 1. The van der Waals surface area contributed by atoms with Crippen LogP contribution in [0.25, 0.3) is 32.1 Å². The van der Waals surface area contributed by atoms with Gasteiger partial charge in [-0.15, -0.1) is 11.3 Å². The van der Waals surface area contributed by atoms with E-state index in [-0.39, 0.29) is 96.2 Å². The molecular formula is C37H39F2N7O7S. The number of piperazine rings is 1. The van der Waals surface area contributed by atoms with Gasteiger partial charge in [0.2, 0.25) is 0 Å². The minimum absolute atomic E-state index is 0.00108. The SMILES string of the molecule is CC(C)(C)OC(=O)Nc1sc2ccc(F)c(-c3c4c(c5c(N6C7CC6CN(C(=O)O)C7)nc(OC[C@@H]6CCCN6CCO)nc5c3F)COC4)c2c1C#N. The molecule has 2 aromatic carbocycles. The molecular weight excluding hydrogens is 725 g/mol. The molecule has 54 heavy (non-hydrogen) atoms. The van der Waals surface area contributed by atoms with Crippen molar-refractivity contribution in [3.05, 3.63) is 40.5 Å². The predicted molar refractivity (Wildman–Crippen MR) is 195 cm³/mol. The van der Waals surface area contributed by atoms with Gasteiger partial charge in [0.15, 0.2) is 5.82 Å². The van der Waals surface area contributed by atoms with Crippen LogP contribution in [-0.4, -0.2) is 105 Å². The first kappa shape index (κ1) is 36.1. The molecule has 8 rings (SSSR count). The number of aliphatic hydroxyl groups excluding tert-OH is 1. The van der Waals surface area contributed by atoms with Crippen molar-refractivity contribution >= 4 is 55.3 Å². The van der Waals surface area contributed by atoms with Gasteiger partial charge in [0.25, 0.3) is 0 Å². The summed E-state index contributed by atoms with van der Waals surface area (Å²) < 4.78 is 51.8. The monoisotopic (exact) mass is 763 g/mol. The number of nitriles is 1. The maximum Gasteiger partial charge on any atom is 0.412 e. The number of thiophene rings is 1. The maximum atomic E-state index is 17.6. The summed E-state index contributed by atoms with van der Waals surface area (Å²) in [5.74, 6) is -1.25. The van der Waals surface area contributed by atoms with Crippen molar-refractivity contribution < 1.29 is 42.8 Å². The summed E-state index contributed by atoms with van der Waals surface area (Å²) in [5.41, 5.74) is -0.318. The van der Waals surface area contributed by atoms with Gasteiger partial charge in [0.1, 0.15) is 40.4 Å². The quantitative estimate of drug-likeness (QED) is 0.197. The van der Waals surface area contributed by atoms with Crippen LogP contribution in [0.3, 0.4) is 0 Å². The Morgan fingerprint density at radius 2 is 1.89 bits per heavy atom. The number of nitrogens with one attached hydrogen (secondary N) is 1. The molecule has 4 aliphatic heterocycles. The third-order valence-electron chi connectivity index (χ3n) is 10.5. The molecule has 3 atom stereocenters. The zero-order valence-electron chi connectivity index (χ0n) is 29.9. The van der Waals surface area contributed by atoms with Crippen LogP contribution in [0.5, 0.6) is 6.01 Å². The summed E-state index contributed by atoms with van der Waals surface area (Å²) in [6, 6.07) is 4.24. The number of aromatic nitrogens is 2. The lowest BCUT2D eigenvalue weighted by Gasteiger charge is -2.56. The molecule has 4 aromatic rings. The van der Waals surface area contributed by atoms with Crippen LogP contribution in [0.4, 0.5) is 29.2 Å². The predicted octanol–water partition coefficient (Wildman–Crippen LogP) is 5.81. The second-order valence-electron chi connectivity index (χ2n) is 15.0. The van der Waals surface area contributed by atoms with Crippen molar-refractivity contribution in [2.24, 2.45) is 0 Å². The normalized spacial score (nSPS) is 20.9. The summed E-state index contributed by atoms with van der Waals surface area (Å²) in [4.78, 5) is 39.6. The van der Waals surface area contributed by atoms with E-state index in [1.807, 2.05) is 4.90 Å². The van der Waals surface area contributed by atoms with E-state index < -0.39 is 29.4 Å². The number of nitrogens with zero attached hydrogens (tertiary/aromatic N) is 6. The summed E-state index contributed by atoms with van der Waals surface area (Å²) in [6.07, 6.45) is 0.681. The molecule has 2 aromatic heterocycles. The third-order valence-corrected chi connectivity index (χ3v) is 11.6. The number of fused-ring (bicyclic) bond motifs is 6. The summed E-state index contributed by atoms with van der Waals surface area (Å²) in [7, 11) is 0. The second kappa shape index (κ2) is 13.8. The van der Waals surface area contributed by atoms with E-state index in [0.29, 0.717) is 33.6 Å². The van der Waals surface area contributed by atoms with Crippen LogP contribution < -0.4 is 15.0 Å². The highest BCUT2D eigenvalue weighted by atomic mass is 32.1. The number of hydrogen-bond acceptors (Lipinski definition) is 12. The van der Waals surface area contributed by atoms with Crippen LogP contribution >= 0.6 is 11.3 Å². The number of benzene rings is 2. The van der Waals surface area contributed by atoms with Crippen molar-refractivity contribution in [2.45, 2.75) is 77.0 Å². The van der Waals surface area contributed by atoms with E-state index in [9.17, 15) is 25.1 Å². The van der Waals surface area contributed by atoms with Gasteiger partial charge in [-0.2, -0.15) is 15.2 Å². The van der Waals surface area contributed by atoms with Crippen molar-refractivity contribution in [3.63, 3.8) is 0 Å². The van der Waals surface area contributed by atoms with Crippen molar-refractivity contribution in [3.8, 4) is 23.2 Å². The number of likely N-dealkylation sites (tertiary alicyclic amines) is 2. The summed E-state index contributed by atoms with van der Waals surface area (Å²) >= 11 is 1.04. The molecule has 0 aliphatic carbocycles. The van der Waals surface area contributed by atoms with Crippen molar-refractivity contribution in [2.75, 3.05) is 49.6 Å². The lowest BCUT2D eigenvalue weighted by Crippen LogP contribution is -2.70. The fourth-order valence-corrected chi connectivity index (χ4v) is 9.34. The standard InChI is InChI=1S/C37H39F2N7O7S/c1-37(2,3)53-35(48)43-33-21(12-40)26-25(54-33)7-6-24(38)29(26)27-22-16-51-17-23(22)28-31(30(27)39)41-34(52-15-18-5-4-8-44(18)9-10-47)42-32(28)46-19-11-20(46)14-45(13-19)36(49)50/h6-7,18-20,47H,4-5,8-11,13-17H2,1-3H3,(H,43,48)(H,49,50)/t18-,19?,20?/m0/s1. The fourth-order valence-electron chi connectivity index (χ4n) is 8.29. The molecule has 14 nitrogen and oxygen atoms in total. The Balaban J connectivity index is 1.30. The topological polar surface area (TPSA) is 174 Å². The van der Waals surface area contributed by atoms with E-state index in [1.165, 1.54) is 17.0 Å². The highest BCUT2D eigenvalue weighted by Crippen LogP contribution is 2.50. The van der Waals surface area contributed by atoms with E-state index in [1.54, 1.807) is 20.8 Å². The molecule has 3 saturated heterocycles. The highest BCUT2D eigenvalue weighted by Gasteiger charge is 2.48. The van der Waals surface area contributed by atoms with E-state index >= 15 is 8.78 Å². The average molecular weight is 764 g/mol. The van der Waals surface area contributed by atoms with Gasteiger partial charge >= 0.3 is 18.2 Å². The Morgan fingerprint density at radius 3 is 2.59 bits per heavy atom. The Labute approximate surface area is 312 Å². The van der Waals surface area contributed by atoms with E-state index in [4.69, 9.17) is 19.2 Å². The van der Waals surface area contributed by atoms with Crippen LogP contribution in [-0.2, 0) is 22.7 Å². The number of ether oxygens (including phenoxy) is 3. The molecule has 2 amide bonds. The number of hydrogen-bond donors (Lipinski definition) is 3. The number of anilines is 2. The molecule has 3 N–H and O–H groups in total. The van der Waals surface area contributed by atoms with Gasteiger partial charge in [-0.05, 0) is 69.8 Å². The molecule has 0 spiro atoms. The smallest absolute Gasteiger partial charge is 0.412 e. The van der Waals surface area contributed by atoms with Crippen LogP contribution in [0.2, 0.25) is 0 Å². The Morgan fingerprint density at radius 1 is 1.13 bits per heavy atom. The minimum Gasteiger partial charge on any atom is -0.465 e. The number of amides is 2. The zero-order valence-corrected chi connectivity index (χ0v) is 30.8. The lowest BCUT2D eigenvalue weighted by atomic mass is 9.86. The molecule has 0 radical (unpaired) electrons. The van der Waals surface area contributed by atoms with Crippen LogP contribution in [0.1, 0.15) is 56.7 Å². The Hall–Kier alpha value is -4.89. The van der Waals surface area contributed by atoms with Gasteiger partial charge < -0.3 is 34.2 Å². The largest absolute Gasteiger partial charge is 0.465 e. The van der Waals surface area contributed by atoms with Crippen LogP contribution in [0, 0.1) is 23.0 Å². The second-order valence-corrected chi connectivity index (χ2v) is 16.1. The van der Waals surface area contributed by atoms with Crippen molar-refractivity contribution in [1.82, 2.24) is 19.8 Å². The molecule has 0 saturated carbocycles. The van der Waals surface area contributed by atoms with Crippen molar-refractivity contribution in [1.29, 1.82) is 5.26 Å². The first-order chi connectivity index (χ1) is 25.9. The molecule has 2 bridgehead atoms. The number of halogens is 2. The molecule has 2 unspecified atom stereocenters. The molecule has 3 fully saturated rings. The molecule has 6 heterocycles. The van der Waals surface area contributed by atoms with Gasteiger partial charge in [0.05, 0.1) is 42.9 Å². The number of rotatable bonds is 8. The maximum absolute atomic E-state index is 17.6.